The second kappa shape index (κ2) is 7.55. The standard InChI is InChI=1S/C19H21FN2O3S/c1-10-4-7-15(14(20)8-10)21-19-16(11(2)17(26-19)12(3)23)18(24)22-25-9-13-5-6-13/h4,7-8,13,21H,5-6,9H2,1-3H3,(H,22,24). The minimum Gasteiger partial charge on any atom is -0.344 e. The molecule has 1 saturated carbocycles. The molecule has 1 aromatic heterocycles. The smallest absolute Gasteiger partial charge is 0.278 e. The van der Waals surface area contributed by atoms with Gasteiger partial charge in [0.05, 0.1) is 22.7 Å². The molecule has 0 aliphatic heterocycles. The van der Waals surface area contributed by atoms with Crippen LogP contribution in [0.2, 0.25) is 0 Å². The third kappa shape index (κ3) is 4.11. The number of aryl methyl sites for hydroxylation is 1. The van der Waals surface area contributed by atoms with Gasteiger partial charge in [-0.15, -0.1) is 11.3 Å². The van der Waals surface area contributed by atoms with Gasteiger partial charge in [-0.2, -0.15) is 0 Å². The van der Waals surface area contributed by atoms with E-state index in [0.717, 1.165) is 29.7 Å². The quantitative estimate of drug-likeness (QED) is 0.551. The molecule has 1 amide bonds. The molecule has 0 unspecified atom stereocenters. The van der Waals surface area contributed by atoms with Crippen LogP contribution in [0.4, 0.5) is 15.1 Å². The number of halogens is 1. The molecule has 7 heteroatoms. The van der Waals surface area contributed by atoms with E-state index in [-0.39, 0.29) is 11.5 Å². The molecule has 1 aromatic carbocycles. The van der Waals surface area contributed by atoms with Crippen molar-refractivity contribution in [2.75, 3.05) is 11.9 Å². The van der Waals surface area contributed by atoms with Crippen molar-refractivity contribution in [3.05, 3.63) is 45.6 Å². The number of anilines is 2. The fourth-order valence-corrected chi connectivity index (χ4v) is 3.73. The highest BCUT2D eigenvalue weighted by atomic mass is 32.1. The first-order chi connectivity index (χ1) is 12.4. The van der Waals surface area contributed by atoms with Gasteiger partial charge in [0.1, 0.15) is 10.8 Å². The number of hydroxylamine groups is 1. The second-order valence-corrected chi connectivity index (χ2v) is 7.63. The van der Waals surface area contributed by atoms with Crippen molar-refractivity contribution < 1.29 is 18.8 Å². The van der Waals surface area contributed by atoms with Crippen LogP contribution in [0.5, 0.6) is 0 Å². The zero-order valence-corrected chi connectivity index (χ0v) is 15.8. The first-order valence-electron chi connectivity index (χ1n) is 8.46. The lowest BCUT2D eigenvalue weighted by Gasteiger charge is -2.10. The average molecular weight is 376 g/mol. The summed E-state index contributed by atoms with van der Waals surface area (Å²) >= 11 is 1.14. The van der Waals surface area contributed by atoms with Crippen molar-refractivity contribution in [2.24, 2.45) is 5.92 Å². The Morgan fingerprint density at radius 1 is 1.31 bits per heavy atom. The van der Waals surface area contributed by atoms with Crippen LogP contribution >= 0.6 is 11.3 Å². The van der Waals surface area contributed by atoms with Crippen LogP contribution in [-0.2, 0) is 4.84 Å². The van der Waals surface area contributed by atoms with E-state index in [9.17, 15) is 14.0 Å². The molecule has 1 aliphatic rings. The molecular weight excluding hydrogens is 355 g/mol. The fraction of sp³-hybridized carbons (Fsp3) is 0.368. The van der Waals surface area contributed by atoms with E-state index < -0.39 is 11.7 Å². The molecule has 0 radical (unpaired) electrons. The van der Waals surface area contributed by atoms with Gasteiger partial charge in [0, 0.05) is 0 Å². The maximum Gasteiger partial charge on any atom is 0.278 e. The van der Waals surface area contributed by atoms with Crippen LogP contribution in [0.3, 0.4) is 0 Å². The summed E-state index contributed by atoms with van der Waals surface area (Å²) in [6.45, 7) is 5.43. The number of amides is 1. The Labute approximate surface area is 155 Å². The molecule has 0 atom stereocenters. The molecule has 1 heterocycles. The summed E-state index contributed by atoms with van der Waals surface area (Å²) in [4.78, 5) is 30.2. The van der Waals surface area contributed by atoms with Crippen LogP contribution in [0, 0.1) is 25.6 Å². The highest BCUT2D eigenvalue weighted by molar-refractivity contribution is 7.18. The Bertz CT molecular complexity index is 859. The summed E-state index contributed by atoms with van der Waals surface area (Å²) in [7, 11) is 0. The number of thiophene rings is 1. The number of carbonyl (C=O) groups is 2. The maximum absolute atomic E-state index is 14.2. The van der Waals surface area contributed by atoms with Crippen molar-refractivity contribution in [3.8, 4) is 0 Å². The van der Waals surface area contributed by atoms with Gasteiger partial charge >= 0.3 is 0 Å². The van der Waals surface area contributed by atoms with Crippen molar-refractivity contribution >= 4 is 33.7 Å². The SMILES string of the molecule is CC(=O)c1sc(Nc2ccc(C)cc2F)c(C(=O)NOCC2CC2)c1C. The van der Waals surface area contributed by atoms with Gasteiger partial charge in [-0.1, -0.05) is 6.07 Å². The highest BCUT2D eigenvalue weighted by Crippen LogP contribution is 2.36. The first-order valence-corrected chi connectivity index (χ1v) is 9.28. The first kappa shape index (κ1) is 18.5. The number of benzene rings is 1. The van der Waals surface area contributed by atoms with E-state index in [4.69, 9.17) is 4.84 Å². The molecule has 0 saturated heterocycles. The Balaban J connectivity index is 1.87. The number of Topliss-reactive ketones (excluding diaryl/α,β-unsaturated/α-hetero) is 1. The van der Waals surface area contributed by atoms with Gasteiger partial charge in [0.15, 0.2) is 5.78 Å². The van der Waals surface area contributed by atoms with Gasteiger partial charge in [-0.05, 0) is 62.8 Å². The molecule has 2 aromatic rings. The lowest BCUT2D eigenvalue weighted by atomic mass is 10.1. The third-order valence-electron chi connectivity index (χ3n) is 4.25. The van der Waals surface area contributed by atoms with E-state index in [0.29, 0.717) is 33.5 Å². The molecule has 3 rings (SSSR count). The van der Waals surface area contributed by atoms with E-state index in [2.05, 4.69) is 10.8 Å². The van der Waals surface area contributed by atoms with Gasteiger partial charge in [-0.3, -0.25) is 14.4 Å². The minimum atomic E-state index is -0.443. The van der Waals surface area contributed by atoms with Crippen LogP contribution in [0.25, 0.3) is 0 Å². The maximum atomic E-state index is 14.2. The molecule has 1 fully saturated rings. The normalized spacial score (nSPS) is 13.5. The Morgan fingerprint density at radius 2 is 2.04 bits per heavy atom. The molecular formula is C19H21FN2O3S. The van der Waals surface area contributed by atoms with Crippen molar-refractivity contribution in [3.63, 3.8) is 0 Å². The largest absolute Gasteiger partial charge is 0.344 e. The summed E-state index contributed by atoms with van der Waals surface area (Å²) in [5.41, 5.74) is 4.35. The molecule has 2 N–H and O–H groups in total. The monoisotopic (exact) mass is 376 g/mol. The molecule has 5 nitrogen and oxygen atoms in total. The summed E-state index contributed by atoms with van der Waals surface area (Å²) < 4.78 is 14.2. The predicted octanol–water partition coefficient (Wildman–Crippen LogP) is 4.52. The Hall–Kier alpha value is -2.25. The van der Waals surface area contributed by atoms with Crippen LogP contribution in [-0.4, -0.2) is 18.3 Å². The average Bonchev–Trinajstić information content (AvgIpc) is 3.32. The van der Waals surface area contributed by atoms with Crippen LogP contribution in [0.15, 0.2) is 18.2 Å². The fourth-order valence-electron chi connectivity index (χ4n) is 2.62. The Kier molecular flexibility index (Phi) is 5.38. The van der Waals surface area contributed by atoms with Gasteiger partial charge in [0.2, 0.25) is 0 Å². The summed E-state index contributed by atoms with van der Waals surface area (Å²) in [5.74, 6) is -0.498. The number of ketones is 1. The third-order valence-corrected chi connectivity index (χ3v) is 5.56. The number of hydrogen-bond acceptors (Lipinski definition) is 5. The molecule has 0 bridgehead atoms. The number of hydrogen-bond donors (Lipinski definition) is 2. The highest BCUT2D eigenvalue weighted by Gasteiger charge is 2.25. The van der Waals surface area contributed by atoms with E-state index in [1.165, 1.54) is 13.0 Å². The van der Waals surface area contributed by atoms with E-state index in [1.807, 2.05) is 0 Å². The molecule has 1 aliphatic carbocycles. The van der Waals surface area contributed by atoms with E-state index in [1.54, 1.807) is 26.0 Å². The van der Waals surface area contributed by atoms with Crippen LogP contribution in [0.1, 0.15) is 50.9 Å². The lowest BCUT2D eigenvalue weighted by molar-refractivity contribution is 0.0271. The number of rotatable bonds is 7. The van der Waals surface area contributed by atoms with Crippen molar-refractivity contribution in [1.82, 2.24) is 5.48 Å². The zero-order valence-electron chi connectivity index (χ0n) is 14.9. The van der Waals surface area contributed by atoms with Crippen molar-refractivity contribution in [1.29, 1.82) is 0 Å². The second-order valence-electron chi connectivity index (χ2n) is 6.61. The lowest BCUT2D eigenvalue weighted by Crippen LogP contribution is -2.25. The van der Waals surface area contributed by atoms with Gasteiger partial charge in [0.25, 0.3) is 5.91 Å². The predicted molar refractivity (Wildman–Crippen MR) is 99.6 cm³/mol. The molecule has 0 spiro atoms. The molecule has 26 heavy (non-hydrogen) atoms. The number of nitrogens with one attached hydrogen (secondary N) is 2. The summed E-state index contributed by atoms with van der Waals surface area (Å²) in [6, 6.07) is 4.79. The summed E-state index contributed by atoms with van der Waals surface area (Å²) in [5, 5.41) is 3.37. The van der Waals surface area contributed by atoms with Gasteiger partial charge in [-0.25, -0.2) is 9.87 Å². The van der Waals surface area contributed by atoms with Crippen molar-refractivity contribution in [2.45, 2.75) is 33.6 Å². The minimum absolute atomic E-state index is 0.141. The van der Waals surface area contributed by atoms with Gasteiger partial charge < -0.3 is 5.32 Å². The summed E-state index contributed by atoms with van der Waals surface area (Å²) in [6.07, 6.45) is 2.22. The number of carbonyl (C=O) groups excluding carboxylic acids is 2. The zero-order chi connectivity index (χ0) is 18.8. The Morgan fingerprint density at radius 3 is 2.65 bits per heavy atom. The van der Waals surface area contributed by atoms with E-state index >= 15 is 0 Å². The molecule has 138 valence electrons. The topological polar surface area (TPSA) is 67.4 Å². The van der Waals surface area contributed by atoms with Crippen LogP contribution < -0.4 is 10.8 Å².